The van der Waals surface area contributed by atoms with E-state index in [0.29, 0.717) is 6.61 Å². The van der Waals surface area contributed by atoms with Crippen LogP contribution >= 0.6 is 0 Å². The molecule has 0 saturated carbocycles. The molecule has 0 aliphatic carbocycles. The molecule has 2 saturated heterocycles. The summed E-state index contributed by atoms with van der Waals surface area (Å²) in [5.41, 5.74) is 2.32. The number of aryl methyl sites for hydroxylation is 1. The molecule has 0 aromatic carbocycles. The average molecular weight is 384 g/mol. The molecular weight excluding hydrogens is 354 g/mol. The lowest BCUT2D eigenvalue weighted by atomic mass is 10.1. The van der Waals surface area contributed by atoms with Gasteiger partial charge < -0.3 is 19.9 Å². The summed E-state index contributed by atoms with van der Waals surface area (Å²) in [5.74, 6) is 1.98. The Kier molecular flexibility index (Phi) is 5.76. The largest absolute Gasteiger partial charge is 0.370 e. The Morgan fingerprint density at radius 2 is 2.18 bits per heavy atom. The number of aromatic nitrogens is 3. The van der Waals surface area contributed by atoms with Crippen molar-refractivity contribution in [1.29, 1.82) is 0 Å². The fourth-order valence-electron chi connectivity index (χ4n) is 3.85. The molecule has 8 heteroatoms. The van der Waals surface area contributed by atoms with E-state index in [1.807, 2.05) is 37.4 Å². The second kappa shape index (κ2) is 8.60. The number of aliphatic imine (C=N–C) groups is 1. The molecule has 2 aliphatic heterocycles. The first-order chi connectivity index (χ1) is 13.7. The third kappa shape index (κ3) is 4.27. The van der Waals surface area contributed by atoms with Crippen LogP contribution in [-0.4, -0.2) is 65.5 Å². The van der Waals surface area contributed by atoms with E-state index in [4.69, 9.17) is 4.74 Å². The van der Waals surface area contributed by atoms with Gasteiger partial charge in [-0.05, 0) is 30.5 Å². The monoisotopic (exact) mass is 383 g/mol. The molecule has 2 fully saturated rings. The van der Waals surface area contributed by atoms with Gasteiger partial charge in [0.25, 0.3) is 0 Å². The zero-order valence-electron chi connectivity index (χ0n) is 16.7. The van der Waals surface area contributed by atoms with E-state index in [1.165, 1.54) is 18.4 Å². The number of hydrogen-bond acceptors (Lipinski definition) is 5. The molecule has 150 valence electrons. The zero-order chi connectivity index (χ0) is 19.3. The molecule has 2 aliphatic rings. The number of hydrogen-bond donors (Lipinski definition) is 1. The summed E-state index contributed by atoms with van der Waals surface area (Å²) in [7, 11) is 3.76. The van der Waals surface area contributed by atoms with E-state index >= 15 is 0 Å². The van der Waals surface area contributed by atoms with E-state index in [-0.39, 0.29) is 6.10 Å². The molecule has 0 spiro atoms. The first kappa shape index (κ1) is 18.7. The molecule has 4 rings (SSSR count). The van der Waals surface area contributed by atoms with Crippen LogP contribution in [0.4, 0.5) is 5.82 Å². The minimum Gasteiger partial charge on any atom is -0.370 e. The highest BCUT2D eigenvalue weighted by Crippen LogP contribution is 2.22. The Balaban J connectivity index is 1.37. The fourth-order valence-corrected chi connectivity index (χ4v) is 3.85. The quantitative estimate of drug-likeness (QED) is 0.638. The van der Waals surface area contributed by atoms with Gasteiger partial charge in [-0.3, -0.25) is 9.67 Å². The van der Waals surface area contributed by atoms with Gasteiger partial charge in [0.1, 0.15) is 11.9 Å². The summed E-state index contributed by atoms with van der Waals surface area (Å²) >= 11 is 0. The van der Waals surface area contributed by atoms with E-state index < -0.39 is 0 Å². The summed E-state index contributed by atoms with van der Waals surface area (Å²) in [6.07, 6.45) is 8.32. The van der Waals surface area contributed by atoms with Crippen molar-refractivity contribution in [3.05, 3.63) is 41.9 Å². The van der Waals surface area contributed by atoms with Crippen molar-refractivity contribution in [2.45, 2.75) is 25.5 Å². The van der Waals surface area contributed by atoms with E-state index in [0.717, 1.165) is 50.1 Å². The van der Waals surface area contributed by atoms with Crippen LogP contribution in [0.15, 0.2) is 35.7 Å². The number of nitrogens with one attached hydrogen (secondary N) is 1. The predicted molar refractivity (Wildman–Crippen MR) is 109 cm³/mol. The standard InChI is InChI=1S/C20H29N7O/c1-21-20(27-9-10-28-18(15-27)17-13-24-25(2)14-17)23-12-16-5-6-22-19(11-16)26-7-3-4-8-26/h5-6,11,13-14,18H,3-4,7-10,12,15H2,1-2H3,(H,21,23). The normalized spacial score (nSPS) is 20.6. The summed E-state index contributed by atoms with van der Waals surface area (Å²) in [4.78, 5) is 13.6. The Morgan fingerprint density at radius 3 is 2.93 bits per heavy atom. The summed E-state index contributed by atoms with van der Waals surface area (Å²) in [5, 5.41) is 7.76. The van der Waals surface area contributed by atoms with Crippen LogP contribution in [-0.2, 0) is 18.3 Å². The van der Waals surface area contributed by atoms with Crippen molar-refractivity contribution >= 4 is 11.8 Å². The number of pyridine rings is 1. The lowest BCUT2D eigenvalue weighted by molar-refractivity contribution is -0.00805. The average Bonchev–Trinajstić information content (AvgIpc) is 3.41. The van der Waals surface area contributed by atoms with Crippen LogP contribution in [0, 0.1) is 0 Å². The molecule has 0 radical (unpaired) electrons. The third-order valence-corrected chi connectivity index (χ3v) is 5.37. The first-order valence-electron chi connectivity index (χ1n) is 9.98. The van der Waals surface area contributed by atoms with Crippen molar-refractivity contribution in [2.75, 3.05) is 44.7 Å². The second-order valence-corrected chi connectivity index (χ2v) is 7.37. The molecule has 0 bridgehead atoms. The number of guanidine groups is 1. The molecule has 28 heavy (non-hydrogen) atoms. The molecule has 1 N–H and O–H groups in total. The maximum Gasteiger partial charge on any atom is 0.194 e. The molecule has 0 amide bonds. The lowest BCUT2D eigenvalue weighted by Gasteiger charge is -2.34. The molecule has 2 aromatic heterocycles. The Bertz CT molecular complexity index is 812. The van der Waals surface area contributed by atoms with Crippen LogP contribution in [0.3, 0.4) is 0 Å². The SMILES string of the molecule is CN=C(NCc1ccnc(N2CCCC2)c1)N1CCOC(c2cnn(C)c2)C1. The number of morpholine rings is 1. The minimum atomic E-state index is 0.0173. The summed E-state index contributed by atoms with van der Waals surface area (Å²) in [6, 6.07) is 4.25. The van der Waals surface area contributed by atoms with Gasteiger partial charge in [0.15, 0.2) is 5.96 Å². The number of ether oxygens (including phenoxy) is 1. The molecule has 1 atom stereocenters. The maximum atomic E-state index is 5.95. The van der Waals surface area contributed by atoms with Gasteiger partial charge in [0, 0.05) is 58.2 Å². The van der Waals surface area contributed by atoms with Gasteiger partial charge in [-0.15, -0.1) is 0 Å². The second-order valence-electron chi connectivity index (χ2n) is 7.37. The highest BCUT2D eigenvalue weighted by molar-refractivity contribution is 5.80. The van der Waals surface area contributed by atoms with Crippen LogP contribution in [0.1, 0.15) is 30.1 Å². The highest BCUT2D eigenvalue weighted by Gasteiger charge is 2.25. The number of nitrogens with zero attached hydrogens (tertiary/aromatic N) is 6. The van der Waals surface area contributed by atoms with Gasteiger partial charge in [0.2, 0.25) is 0 Å². The van der Waals surface area contributed by atoms with Crippen molar-refractivity contribution in [2.24, 2.45) is 12.0 Å². The summed E-state index contributed by atoms with van der Waals surface area (Å²) in [6.45, 7) is 5.20. The van der Waals surface area contributed by atoms with E-state index in [2.05, 4.69) is 42.3 Å². The van der Waals surface area contributed by atoms with Crippen molar-refractivity contribution in [3.63, 3.8) is 0 Å². The summed E-state index contributed by atoms with van der Waals surface area (Å²) < 4.78 is 7.76. The lowest BCUT2D eigenvalue weighted by Crippen LogP contribution is -2.47. The number of rotatable bonds is 4. The highest BCUT2D eigenvalue weighted by atomic mass is 16.5. The van der Waals surface area contributed by atoms with Gasteiger partial charge in [-0.25, -0.2) is 4.98 Å². The molecule has 1 unspecified atom stereocenters. The van der Waals surface area contributed by atoms with Gasteiger partial charge >= 0.3 is 0 Å². The molecule has 8 nitrogen and oxygen atoms in total. The molecular formula is C20H29N7O. The zero-order valence-corrected chi connectivity index (χ0v) is 16.7. The molecule has 2 aromatic rings. The van der Waals surface area contributed by atoms with Gasteiger partial charge in [0.05, 0.1) is 19.3 Å². The van der Waals surface area contributed by atoms with Crippen molar-refractivity contribution in [3.8, 4) is 0 Å². The Labute approximate surface area is 166 Å². The van der Waals surface area contributed by atoms with E-state index in [9.17, 15) is 0 Å². The predicted octanol–water partition coefficient (Wildman–Crippen LogP) is 1.56. The maximum absolute atomic E-state index is 5.95. The van der Waals surface area contributed by atoms with Gasteiger partial charge in [-0.1, -0.05) is 0 Å². The van der Waals surface area contributed by atoms with Crippen LogP contribution in [0.2, 0.25) is 0 Å². The number of anilines is 1. The third-order valence-electron chi connectivity index (χ3n) is 5.37. The minimum absolute atomic E-state index is 0.0173. The Hall–Kier alpha value is -2.61. The van der Waals surface area contributed by atoms with E-state index in [1.54, 1.807) is 0 Å². The van der Waals surface area contributed by atoms with Crippen LogP contribution < -0.4 is 10.2 Å². The topological polar surface area (TPSA) is 70.8 Å². The smallest absolute Gasteiger partial charge is 0.194 e. The van der Waals surface area contributed by atoms with Gasteiger partial charge in [-0.2, -0.15) is 5.10 Å². The molecule has 4 heterocycles. The Morgan fingerprint density at radius 1 is 1.32 bits per heavy atom. The van der Waals surface area contributed by atoms with Crippen LogP contribution in [0.5, 0.6) is 0 Å². The first-order valence-corrected chi connectivity index (χ1v) is 9.98. The van der Waals surface area contributed by atoms with Crippen molar-refractivity contribution in [1.82, 2.24) is 25.0 Å². The van der Waals surface area contributed by atoms with Crippen molar-refractivity contribution < 1.29 is 4.74 Å². The fraction of sp³-hybridized carbons (Fsp3) is 0.550. The van der Waals surface area contributed by atoms with Crippen LogP contribution in [0.25, 0.3) is 0 Å².